The van der Waals surface area contributed by atoms with E-state index in [1.165, 1.54) is 0 Å². The lowest BCUT2D eigenvalue weighted by molar-refractivity contribution is -0.130. The fourth-order valence-corrected chi connectivity index (χ4v) is 2.36. The highest BCUT2D eigenvalue weighted by Gasteiger charge is 2.54. The summed E-state index contributed by atoms with van der Waals surface area (Å²) in [4.78, 5) is 11.5. The van der Waals surface area contributed by atoms with Gasteiger partial charge in [0.25, 0.3) is 0 Å². The van der Waals surface area contributed by atoms with Crippen LogP contribution in [0.3, 0.4) is 0 Å². The van der Waals surface area contributed by atoms with Gasteiger partial charge in [0.05, 0.1) is 12.0 Å². The van der Waals surface area contributed by atoms with Crippen LogP contribution in [0.2, 0.25) is 0 Å². The second kappa shape index (κ2) is 2.83. The third-order valence-electron chi connectivity index (χ3n) is 4.16. The first-order valence-electron chi connectivity index (χ1n) is 4.77. The van der Waals surface area contributed by atoms with Crippen LogP contribution in [-0.2, 0) is 4.79 Å². The maximum atomic E-state index is 11.5. The lowest BCUT2D eigenvalue weighted by atomic mass is 9.64. The lowest BCUT2D eigenvalue weighted by Crippen LogP contribution is -2.39. The smallest absolute Gasteiger partial charge is 0.136 e. The molecule has 0 amide bonds. The molecule has 13 heavy (non-hydrogen) atoms. The van der Waals surface area contributed by atoms with Gasteiger partial charge in [-0.25, -0.2) is 0 Å². The first kappa shape index (κ1) is 10.2. The predicted molar refractivity (Wildman–Crippen MR) is 50.9 cm³/mol. The second-order valence-corrected chi connectivity index (χ2v) is 4.83. The van der Waals surface area contributed by atoms with Crippen LogP contribution in [0.25, 0.3) is 0 Å². The minimum Gasteiger partial charge on any atom is -0.299 e. The van der Waals surface area contributed by atoms with Gasteiger partial charge >= 0.3 is 0 Å². The molecule has 0 aromatic carbocycles. The number of rotatable bonds is 1. The molecule has 2 heteroatoms. The molecule has 1 aliphatic rings. The molecule has 0 bridgehead atoms. The highest BCUT2D eigenvalue weighted by atomic mass is 16.1. The molecule has 1 fully saturated rings. The van der Waals surface area contributed by atoms with Crippen LogP contribution in [0.4, 0.5) is 0 Å². The first-order valence-corrected chi connectivity index (χ1v) is 4.77. The Morgan fingerprint density at radius 1 is 1.46 bits per heavy atom. The van der Waals surface area contributed by atoms with Crippen molar-refractivity contribution in [2.45, 2.75) is 40.5 Å². The van der Waals surface area contributed by atoms with Gasteiger partial charge in [-0.2, -0.15) is 5.26 Å². The number of ketones is 1. The van der Waals surface area contributed by atoms with Crippen LogP contribution in [0.15, 0.2) is 0 Å². The number of carbonyl (C=O) groups excluding carboxylic acids is 1. The average Bonchev–Trinajstić information content (AvgIpc) is 2.25. The summed E-state index contributed by atoms with van der Waals surface area (Å²) in [6.07, 6.45) is 1.72. The third-order valence-corrected chi connectivity index (χ3v) is 4.16. The maximum absolute atomic E-state index is 11.5. The summed E-state index contributed by atoms with van der Waals surface area (Å²) in [6, 6.07) is 2.31. The topological polar surface area (TPSA) is 40.9 Å². The number of carbonyl (C=O) groups is 1. The Hall–Kier alpha value is -0.840. The van der Waals surface area contributed by atoms with E-state index in [-0.39, 0.29) is 22.5 Å². The quantitative estimate of drug-likeness (QED) is 0.620. The van der Waals surface area contributed by atoms with Gasteiger partial charge in [-0.3, -0.25) is 4.79 Å². The van der Waals surface area contributed by atoms with E-state index < -0.39 is 0 Å². The van der Waals surface area contributed by atoms with Crippen LogP contribution >= 0.6 is 0 Å². The summed E-state index contributed by atoms with van der Waals surface area (Å²) in [6.45, 7) is 7.71. The summed E-state index contributed by atoms with van der Waals surface area (Å²) >= 11 is 0. The van der Waals surface area contributed by atoms with E-state index in [2.05, 4.69) is 6.07 Å². The predicted octanol–water partition coefficient (Wildman–Crippen LogP) is 2.54. The van der Waals surface area contributed by atoms with Crippen LogP contribution in [-0.4, -0.2) is 5.78 Å². The number of nitriles is 1. The summed E-state index contributed by atoms with van der Waals surface area (Å²) in [5, 5.41) is 8.95. The highest BCUT2D eigenvalue weighted by Crippen LogP contribution is 2.55. The molecule has 0 aliphatic heterocycles. The van der Waals surface area contributed by atoms with Crippen molar-refractivity contribution in [2.24, 2.45) is 16.7 Å². The molecule has 2 atom stereocenters. The Balaban J connectivity index is 3.07. The van der Waals surface area contributed by atoms with Crippen molar-refractivity contribution in [3.8, 4) is 6.07 Å². The molecule has 2 unspecified atom stereocenters. The Bertz CT molecular complexity index is 274. The Kier molecular flexibility index (Phi) is 2.23. The van der Waals surface area contributed by atoms with Crippen LogP contribution in [0.1, 0.15) is 40.5 Å². The highest BCUT2D eigenvalue weighted by molar-refractivity contribution is 5.83. The van der Waals surface area contributed by atoms with Crippen molar-refractivity contribution in [1.29, 1.82) is 5.26 Å². The first-order chi connectivity index (χ1) is 5.86. The van der Waals surface area contributed by atoms with E-state index in [0.717, 1.165) is 12.8 Å². The zero-order valence-electron chi connectivity index (χ0n) is 8.85. The van der Waals surface area contributed by atoms with Crippen molar-refractivity contribution >= 4 is 5.78 Å². The molecular formula is C11H17NO. The van der Waals surface area contributed by atoms with Gasteiger partial charge in [-0.1, -0.05) is 20.8 Å². The van der Waals surface area contributed by atoms with E-state index in [0.29, 0.717) is 0 Å². The van der Waals surface area contributed by atoms with Crippen LogP contribution in [0.5, 0.6) is 0 Å². The fourth-order valence-electron chi connectivity index (χ4n) is 2.36. The summed E-state index contributed by atoms with van der Waals surface area (Å²) in [5.41, 5.74) is -0.471. The largest absolute Gasteiger partial charge is 0.299 e. The lowest BCUT2D eigenvalue weighted by Gasteiger charge is -2.37. The molecule has 0 saturated heterocycles. The minimum absolute atomic E-state index is 0.0291. The van der Waals surface area contributed by atoms with Crippen molar-refractivity contribution in [3.63, 3.8) is 0 Å². The van der Waals surface area contributed by atoms with E-state index in [1.54, 1.807) is 6.92 Å². The Morgan fingerprint density at radius 3 is 2.23 bits per heavy atom. The number of hydrogen-bond acceptors (Lipinski definition) is 2. The molecule has 0 aromatic heterocycles. The van der Waals surface area contributed by atoms with E-state index in [4.69, 9.17) is 5.26 Å². The fraction of sp³-hybridized carbons (Fsp3) is 0.818. The number of hydrogen-bond donors (Lipinski definition) is 0. The van der Waals surface area contributed by atoms with Gasteiger partial charge in [0, 0.05) is 5.41 Å². The van der Waals surface area contributed by atoms with E-state index >= 15 is 0 Å². The number of nitrogens with zero attached hydrogens (tertiary/aromatic N) is 1. The maximum Gasteiger partial charge on any atom is 0.136 e. The molecule has 0 N–H and O–H groups in total. The van der Waals surface area contributed by atoms with Gasteiger partial charge in [0.15, 0.2) is 0 Å². The average molecular weight is 179 g/mol. The van der Waals surface area contributed by atoms with Gasteiger partial charge in [-0.05, 0) is 25.2 Å². The van der Waals surface area contributed by atoms with Gasteiger partial charge in [0.1, 0.15) is 5.78 Å². The molecule has 1 saturated carbocycles. The standard InChI is InChI=1S/C11H17NO/c1-8(13)11(4)6-5-9(7-12)10(11,2)3/h9H,5-6H2,1-4H3. The molecule has 72 valence electrons. The molecule has 0 aromatic rings. The summed E-state index contributed by atoms with van der Waals surface area (Å²) in [7, 11) is 0. The molecule has 0 spiro atoms. The Labute approximate surface area is 79.9 Å². The van der Waals surface area contributed by atoms with E-state index in [9.17, 15) is 4.79 Å². The molecule has 0 heterocycles. The van der Waals surface area contributed by atoms with Crippen LogP contribution < -0.4 is 0 Å². The SMILES string of the molecule is CC(=O)C1(C)CCC(C#N)C1(C)C. The molecule has 2 nitrogen and oxygen atoms in total. The zero-order valence-corrected chi connectivity index (χ0v) is 8.85. The molecular weight excluding hydrogens is 162 g/mol. The van der Waals surface area contributed by atoms with E-state index in [1.807, 2.05) is 20.8 Å². The number of Topliss-reactive ketones (excluding diaryl/α,β-unsaturated/α-hetero) is 1. The van der Waals surface area contributed by atoms with Crippen molar-refractivity contribution in [3.05, 3.63) is 0 Å². The molecule has 1 rings (SSSR count). The van der Waals surface area contributed by atoms with Crippen molar-refractivity contribution in [2.75, 3.05) is 0 Å². The molecule has 1 aliphatic carbocycles. The summed E-state index contributed by atoms with van der Waals surface area (Å²) in [5.74, 6) is 0.247. The van der Waals surface area contributed by atoms with Gasteiger partial charge < -0.3 is 0 Å². The Morgan fingerprint density at radius 2 is 2.00 bits per heavy atom. The monoisotopic (exact) mass is 179 g/mol. The van der Waals surface area contributed by atoms with Crippen molar-refractivity contribution in [1.82, 2.24) is 0 Å². The normalized spacial score (nSPS) is 37.0. The minimum atomic E-state index is -0.298. The van der Waals surface area contributed by atoms with Gasteiger partial charge in [-0.15, -0.1) is 0 Å². The molecule has 0 radical (unpaired) electrons. The van der Waals surface area contributed by atoms with Gasteiger partial charge in [0.2, 0.25) is 0 Å². The third kappa shape index (κ3) is 1.18. The van der Waals surface area contributed by atoms with Crippen LogP contribution in [0, 0.1) is 28.1 Å². The zero-order chi connectivity index (χ0) is 10.3. The summed E-state index contributed by atoms with van der Waals surface area (Å²) < 4.78 is 0. The van der Waals surface area contributed by atoms with Crippen molar-refractivity contribution < 1.29 is 4.79 Å². The second-order valence-electron chi connectivity index (χ2n) is 4.83.